The Morgan fingerprint density at radius 1 is 1.03 bits per heavy atom. The van der Waals surface area contributed by atoms with Gasteiger partial charge in [-0.15, -0.1) is 0 Å². The Kier molecular flexibility index (Phi) is 7.86. The van der Waals surface area contributed by atoms with Crippen LogP contribution in [0.2, 0.25) is 0 Å². The predicted molar refractivity (Wildman–Crippen MR) is 135 cm³/mol. The van der Waals surface area contributed by atoms with Crippen LogP contribution in [0.5, 0.6) is 0 Å². The van der Waals surface area contributed by atoms with Gasteiger partial charge in [-0.2, -0.15) is 11.3 Å². The number of carbonyl (C=O) groups is 3. The van der Waals surface area contributed by atoms with Crippen molar-refractivity contribution < 1.29 is 23.9 Å². The van der Waals surface area contributed by atoms with Crippen LogP contribution in [0.15, 0.2) is 69.7 Å². The van der Waals surface area contributed by atoms with Crippen LogP contribution in [0.25, 0.3) is 0 Å². The van der Waals surface area contributed by atoms with Crippen LogP contribution in [0, 0.1) is 5.92 Å². The fourth-order valence-electron chi connectivity index (χ4n) is 5.13. The summed E-state index contributed by atoms with van der Waals surface area (Å²) < 4.78 is 10.8. The summed E-state index contributed by atoms with van der Waals surface area (Å²) in [6.45, 7) is 5.99. The summed E-state index contributed by atoms with van der Waals surface area (Å²) in [6, 6.07) is 11.6. The van der Waals surface area contributed by atoms with E-state index in [0.717, 1.165) is 28.9 Å². The highest BCUT2D eigenvalue weighted by atomic mass is 32.1. The number of esters is 2. The van der Waals surface area contributed by atoms with E-state index in [9.17, 15) is 14.4 Å². The van der Waals surface area contributed by atoms with Crippen molar-refractivity contribution in [1.82, 2.24) is 5.32 Å². The summed E-state index contributed by atoms with van der Waals surface area (Å²) in [5.74, 6) is -3.17. The molecule has 3 atom stereocenters. The van der Waals surface area contributed by atoms with Gasteiger partial charge in [-0.05, 0) is 54.6 Å². The number of carbonyl (C=O) groups excluding carboxylic acids is 3. The fourth-order valence-corrected chi connectivity index (χ4v) is 5.82. The van der Waals surface area contributed by atoms with Gasteiger partial charge in [-0.25, -0.2) is 4.79 Å². The van der Waals surface area contributed by atoms with E-state index >= 15 is 0 Å². The summed E-state index contributed by atoms with van der Waals surface area (Å²) >= 11 is 1.51. The van der Waals surface area contributed by atoms with Gasteiger partial charge in [0.15, 0.2) is 5.78 Å². The van der Waals surface area contributed by atoms with E-state index in [4.69, 9.17) is 9.47 Å². The lowest BCUT2D eigenvalue weighted by Gasteiger charge is -2.39. The molecule has 1 aromatic carbocycles. The molecule has 1 aromatic heterocycles. The summed E-state index contributed by atoms with van der Waals surface area (Å²) in [5, 5.41) is 7.34. The van der Waals surface area contributed by atoms with Crippen LogP contribution in [0.4, 0.5) is 0 Å². The smallest absolute Gasteiger partial charge is 0.336 e. The highest BCUT2D eigenvalue weighted by Gasteiger charge is 2.49. The molecular weight excluding hydrogens is 462 g/mol. The Morgan fingerprint density at radius 2 is 1.77 bits per heavy atom. The normalized spacial score (nSPS) is 21.9. The lowest BCUT2D eigenvalue weighted by atomic mass is 9.67. The van der Waals surface area contributed by atoms with Gasteiger partial charge >= 0.3 is 11.9 Å². The minimum absolute atomic E-state index is 0.191. The zero-order valence-corrected chi connectivity index (χ0v) is 21.2. The summed E-state index contributed by atoms with van der Waals surface area (Å²) in [5.41, 5.74) is 4.26. The molecule has 4 rings (SSSR count). The van der Waals surface area contributed by atoms with Crippen molar-refractivity contribution in [1.29, 1.82) is 0 Å². The van der Waals surface area contributed by atoms with E-state index in [-0.39, 0.29) is 24.9 Å². The third kappa shape index (κ3) is 4.82. The van der Waals surface area contributed by atoms with E-state index in [0.29, 0.717) is 24.0 Å². The van der Waals surface area contributed by atoms with Gasteiger partial charge in [-0.1, -0.05) is 43.7 Å². The molecule has 0 saturated carbocycles. The van der Waals surface area contributed by atoms with Gasteiger partial charge in [0.2, 0.25) is 0 Å². The summed E-state index contributed by atoms with van der Waals surface area (Å²) in [6.07, 6.45) is 1.95. The van der Waals surface area contributed by atoms with Gasteiger partial charge in [0.05, 0.1) is 18.8 Å². The average molecular weight is 494 g/mol. The molecule has 0 fully saturated rings. The van der Waals surface area contributed by atoms with Crippen LogP contribution in [-0.2, 0) is 23.9 Å². The van der Waals surface area contributed by atoms with Crippen LogP contribution < -0.4 is 5.32 Å². The van der Waals surface area contributed by atoms with Crippen molar-refractivity contribution in [3.8, 4) is 0 Å². The molecule has 0 saturated heterocycles. The van der Waals surface area contributed by atoms with Crippen LogP contribution >= 0.6 is 11.3 Å². The molecule has 7 heteroatoms. The zero-order chi connectivity index (χ0) is 24.9. The molecule has 2 aliphatic rings. The minimum atomic E-state index is -0.977. The molecule has 0 amide bonds. The SMILES string of the molecule is CCCC1=C(C(=O)OCC)[C@@H](c2ccsc2)C2=C(C[C@H](c3ccccc3)[C@@H](C(=O)OCC)C2=O)N1. The molecule has 35 heavy (non-hydrogen) atoms. The van der Waals surface area contributed by atoms with Crippen molar-refractivity contribution in [2.75, 3.05) is 13.2 Å². The van der Waals surface area contributed by atoms with Crippen LogP contribution in [0.3, 0.4) is 0 Å². The predicted octanol–water partition coefficient (Wildman–Crippen LogP) is 5.24. The second-order valence-electron chi connectivity index (χ2n) is 8.68. The van der Waals surface area contributed by atoms with Crippen LogP contribution in [0.1, 0.15) is 63.0 Å². The first-order valence-corrected chi connectivity index (χ1v) is 13.1. The van der Waals surface area contributed by atoms with Gasteiger partial charge in [0, 0.05) is 28.8 Å². The van der Waals surface area contributed by atoms with Crippen molar-refractivity contribution in [2.45, 2.75) is 51.9 Å². The van der Waals surface area contributed by atoms with Crippen LogP contribution in [-0.4, -0.2) is 30.9 Å². The van der Waals surface area contributed by atoms with Gasteiger partial charge in [-0.3, -0.25) is 9.59 Å². The largest absolute Gasteiger partial charge is 0.465 e. The van der Waals surface area contributed by atoms with Crippen molar-refractivity contribution >= 4 is 29.1 Å². The molecular formula is C28H31NO5S. The molecule has 0 bridgehead atoms. The Morgan fingerprint density at radius 3 is 2.40 bits per heavy atom. The first-order valence-electron chi connectivity index (χ1n) is 12.2. The number of rotatable bonds is 8. The second-order valence-corrected chi connectivity index (χ2v) is 9.46. The number of thiophene rings is 1. The maximum absolute atomic E-state index is 14.2. The average Bonchev–Trinajstić information content (AvgIpc) is 3.39. The van der Waals surface area contributed by atoms with Crippen molar-refractivity contribution in [3.05, 3.63) is 80.8 Å². The second kappa shape index (κ2) is 11.0. The first kappa shape index (κ1) is 24.9. The molecule has 0 radical (unpaired) electrons. The number of hydrogen-bond donors (Lipinski definition) is 1. The van der Waals surface area contributed by atoms with Gasteiger partial charge < -0.3 is 14.8 Å². The maximum atomic E-state index is 14.2. The molecule has 1 aliphatic heterocycles. The van der Waals surface area contributed by atoms with Crippen molar-refractivity contribution in [3.63, 3.8) is 0 Å². The standard InChI is InChI=1S/C28H31NO5S/c1-4-10-20-25(28(32)34-6-3)22(18-13-14-35-16-18)24-21(29-20)15-19(17-11-8-7-9-12-17)23(26(24)30)27(31)33-5-2/h7-9,11-14,16,19,22-23,29H,4-6,10,15H2,1-3H3/t19-,22+,23-/m1/s1. The topological polar surface area (TPSA) is 81.7 Å². The Hall–Kier alpha value is -3.19. The number of nitrogens with one attached hydrogen (secondary N) is 1. The molecule has 0 unspecified atom stereocenters. The Labute approximate surface area is 210 Å². The number of ether oxygens (including phenoxy) is 2. The Bertz CT molecular complexity index is 1150. The minimum Gasteiger partial charge on any atom is -0.465 e. The van der Waals surface area contributed by atoms with E-state index in [1.807, 2.05) is 47.2 Å². The molecule has 0 spiro atoms. The summed E-state index contributed by atoms with van der Waals surface area (Å²) in [4.78, 5) is 40.6. The number of hydrogen-bond acceptors (Lipinski definition) is 7. The maximum Gasteiger partial charge on any atom is 0.336 e. The van der Waals surface area contributed by atoms with E-state index in [2.05, 4.69) is 12.2 Å². The number of Topliss-reactive ketones (excluding diaryl/α,β-unsaturated/α-hetero) is 1. The molecule has 1 N–H and O–H groups in total. The monoisotopic (exact) mass is 493 g/mol. The molecule has 2 heterocycles. The lowest BCUT2D eigenvalue weighted by Crippen LogP contribution is -2.43. The quantitative estimate of drug-likeness (QED) is 0.400. The Balaban J connectivity index is 1.89. The highest BCUT2D eigenvalue weighted by molar-refractivity contribution is 7.08. The molecule has 6 nitrogen and oxygen atoms in total. The third-order valence-corrected chi connectivity index (χ3v) is 7.25. The van der Waals surface area contributed by atoms with E-state index in [1.54, 1.807) is 13.8 Å². The van der Waals surface area contributed by atoms with Crippen molar-refractivity contribution in [2.24, 2.45) is 5.92 Å². The highest BCUT2D eigenvalue weighted by Crippen LogP contribution is 2.48. The van der Waals surface area contributed by atoms with Gasteiger partial charge in [0.25, 0.3) is 0 Å². The first-order chi connectivity index (χ1) is 17.0. The molecule has 184 valence electrons. The number of dihydropyridines is 1. The lowest BCUT2D eigenvalue weighted by molar-refractivity contribution is -0.152. The number of ketones is 1. The number of allylic oxidation sites excluding steroid dienone is 3. The molecule has 1 aliphatic carbocycles. The third-order valence-electron chi connectivity index (χ3n) is 6.54. The van der Waals surface area contributed by atoms with Gasteiger partial charge in [0.1, 0.15) is 5.92 Å². The zero-order valence-electron chi connectivity index (χ0n) is 20.3. The number of benzene rings is 1. The van der Waals surface area contributed by atoms with E-state index in [1.165, 1.54) is 11.3 Å². The van der Waals surface area contributed by atoms with E-state index < -0.39 is 23.8 Å². The fraction of sp³-hybridized carbons (Fsp3) is 0.393. The molecule has 2 aromatic rings. The summed E-state index contributed by atoms with van der Waals surface area (Å²) in [7, 11) is 0.